The Balaban J connectivity index is 1.56. The Morgan fingerprint density at radius 3 is 2.36 bits per heavy atom. The zero-order valence-corrected chi connectivity index (χ0v) is 20.4. The highest BCUT2D eigenvalue weighted by molar-refractivity contribution is 7.80. The van der Waals surface area contributed by atoms with Crippen molar-refractivity contribution in [3.8, 4) is 11.5 Å². The van der Waals surface area contributed by atoms with Crippen LogP contribution in [0.15, 0.2) is 42.5 Å². The molecular formula is C25H31FN4O2S. The van der Waals surface area contributed by atoms with E-state index in [2.05, 4.69) is 15.7 Å². The molecule has 0 bridgehead atoms. The number of ether oxygens (including phenoxy) is 2. The smallest absolute Gasteiger partial charge is 0.170 e. The number of hydrogen-bond acceptors (Lipinski definition) is 4. The van der Waals surface area contributed by atoms with Crippen molar-refractivity contribution in [3.63, 3.8) is 0 Å². The molecule has 0 amide bonds. The number of benzene rings is 2. The second-order valence-corrected chi connectivity index (χ2v) is 8.02. The van der Waals surface area contributed by atoms with E-state index in [1.54, 1.807) is 12.1 Å². The van der Waals surface area contributed by atoms with E-state index in [4.69, 9.17) is 21.7 Å². The molecule has 3 rings (SSSR count). The first-order chi connectivity index (χ1) is 15.9. The maximum atomic E-state index is 13.2. The summed E-state index contributed by atoms with van der Waals surface area (Å²) in [5.41, 5.74) is 4.82. The van der Waals surface area contributed by atoms with Crippen LogP contribution in [0.4, 0.5) is 10.1 Å². The number of anilines is 1. The van der Waals surface area contributed by atoms with E-state index in [1.165, 1.54) is 12.1 Å². The van der Waals surface area contributed by atoms with Crippen molar-refractivity contribution in [2.24, 2.45) is 0 Å². The lowest BCUT2D eigenvalue weighted by atomic mass is 10.1. The lowest BCUT2D eigenvalue weighted by molar-refractivity contribution is 0.287. The first-order valence-corrected chi connectivity index (χ1v) is 11.5. The molecule has 0 atom stereocenters. The molecule has 0 aliphatic carbocycles. The summed E-state index contributed by atoms with van der Waals surface area (Å²) in [6.45, 7) is 10.3. The van der Waals surface area contributed by atoms with Gasteiger partial charge in [0.25, 0.3) is 0 Å². The van der Waals surface area contributed by atoms with Crippen molar-refractivity contribution in [2.45, 2.75) is 40.7 Å². The minimum atomic E-state index is -0.245. The number of nitrogens with one attached hydrogen (secondary N) is 2. The van der Waals surface area contributed by atoms with Crippen LogP contribution in [0, 0.1) is 19.7 Å². The van der Waals surface area contributed by atoms with Crippen molar-refractivity contribution in [2.75, 3.05) is 25.1 Å². The highest BCUT2D eigenvalue weighted by Crippen LogP contribution is 2.28. The van der Waals surface area contributed by atoms with Crippen LogP contribution in [0.5, 0.6) is 11.5 Å². The maximum absolute atomic E-state index is 13.2. The molecule has 176 valence electrons. The fourth-order valence-electron chi connectivity index (χ4n) is 3.52. The van der Waals surface area contributed by atoms with Crippen molar-refractivity contribution in [1.29, 1.82) is 0 Å². The van der Waals surface area contributed by atoms with E-state index < -0.39 is 0 Å². The molecule has 3 aromatic rings. The molecule has 2 aromatic carbocycles. The van der Waals surface area contributed by atoms with Crippen LogP contribution >= 0.6 is 12.2 Å². The van der Waals surface area contributed by atoms with Crippen molar-refractivity contribution >= 4 is 23.0 Å². The molecule has 8 heteroatoms. The van der Waals surface area contributed by atoms with Gasteiger partial charge >= 0.3 is 0 Å². The molecule has 0 aliphatic heterocycles. The number of hydrogen-bond donors (Lipinski definition) is 2. The number of rotatable bonds is 10. The van der Waals surface area contributed by atoms with E-state index in [9.17, 15) is 4.39 Å². The minimum Gasteiger partial charge on any atom is -0.490 e. The zero-order valence-electron chi connectivity index (χ0n) is 19.6. The third-order valence-electron chi connectivity index (χ3n) is 5.17. The summed E-state index contributed by atoms with van der Waals surface area (Å²) in [6.07, 6.45) is 0.788. The van der Waals surface area contributed by atoms with E-state index in [0.29, 0.717) is 31.4 Å². The van der Waals surface area contributed by atoms with E-state index >= 15 is 0 Å². The molecule has 6 nitrogen and oxygen atoms in total. The molecular weight excluding hydrogens is 439 g/mol. The van der Waals surface area contributed by atoms with E-state index in [0.717, 1.165) is 46.1 Å². The fraction of sp³-hybridized carbons (Fsp3) is 0.360. The first kappa shape index (κ1) is 24.5. The highest BCUT2D eigenvalue weighted by Gasteiger charge is 2.13. The van der Waals surface area contributed by atoms with Gasteiger partial charge in [-0.05, 0) is 81.7 Å². The van der Waals surface area contributed by atoms with Crippen LogP contribution in [-0.2, 0) is 13.0 Å². The topological polar surface area (TPSA) is 60.3 Å². The summed E-state index contributed by atoms with van der Waals surface area (Å²) < 4.78 is 26.4. The summed E-state index contributed by atoms with van der Waals surface area (Å²) >= 11 is 5.50. The molecule has 0 radical (unpaired) electrons. The van der Waals surface area contributed by atoms with E-state index in [-0.39, 0.29) is 5.82 Å². The van der Waals surface area contributed by atoms with Gasteiger partial charge in [0.1, 0.15) is 5.82 Å². The van der Waals surface area contributed by atoms with Gasteiger partial charge in [0.2, 0.25) is 0 Å². The standard InChI is InChI=1S/C25H31FN4O2S/c1-5-31-22-12-9-19(15-23(22)32-6-2)13-14-27-25(33)28-24-17(3)29-30(18(24)4)16-20-7-10-21(26)11-8-20/h7-12,15H,5-6,13-14,16H2,1-4H3,(H2,27,28,33). The molecule has 0 spiro atoms. The zero-order chi connectivity index (χ0) is 23.8. The normalized spacial score (nSPS) is 10.7. The van der Waals surface area contributed by atoms with Crippen molar-refractivity contribution < 1.29 is 13.9 Å². The molecule has 0 fully saturated rings. The van der Waals surface area contributed by atoms with Gasteiger partial charge in [-0.15, -0.1) is 0 Å². The van der Waals surface area contributed by atoms with Crippen LogP contribution < -0.4 is 20.1 Å². The predicted molar refractivity (Wildman–Crippen MR) is 134 cm³/mol. The van der Waals surface area contributed by atoms with Gasteiger partial charge in [0, 0.05) is 6.54 Å². The van der Waals surface area contributed by atoms with E-state index in [1.807, 2.05) is 50.6 Å². The number of thiocarbonyl (C=S) groups is 1. The Bertz CT molecular complexity index is 1080. The molecule has 1 aromatic heterocycles. The van der Waals surface area contributed by atoms with Gasteiger partial charge < -0.3 is 20.1 Å². The lowest BCUT2D eigenvalue weighted by Crippen LogP contribution is -2.30. The van der Waals surface area contributed by atoms with Gasteiger partial charge in [-0.2, -0.15) is 5.10 Å². The SMILES string of the molecule is CCOc1ccc(CCNC(=S)Nc2c(C)nn(Cc3ccc(F)cc3)c2C)cc1OCC. The Labute approximate surface area is 200 Å². The Morgan fingerprint density at radius 1 is 1.00 bits per heavy atom. The molecule has 0 unspecified atom stereocenters. The third kappa shape index (κ3) is 6.68. The molecule has 1 heterocycles. The molecule has 2 N–H and O–H groups in total. The maximum Gasteiger partial charge on any atom is 0.170 e. The second kappa shape index (κ2) is 11.7. The van der Waals surface area contributed by atoms with Gasteiger partial charge in [-0.1, -0.05) is 18.2 Å². The number of aromatic nitrogens is 2. The quantitative estimate of drug-likeness (QED) is 0.406. The van der Waals surface area contributed by atoms with Crippen LogP contribution in [-0.4, -0.2) is 34.7 Å². The number of halogens is 1. The van der Waals surface area contributed by atoms with Crippen LogP contribution in [0.3, 0.4) is 0 Å². The van der Waals surface area contributed by atoms with Crippen LogP contribution in [0.25, 0.3) is 0 Å². The lowest BCUT2D eigenvalue weighted by Gasteiger charge is -2.14. The van der Waals surface area contributed by atoms with Crippen LogP contribution in [0.1, 0.15) is 36.4 Å². The summed E-state index contributed by atoms with van der Waals surface area (Å²) in [6, 6.07) is 12.5. The Hall–Kier alpha value is -3.13. The summed E-state index contributed by atoms with van der Waals surface area (Å²) in [5, 5.41) is 11.7. The molecule has 0 saturated carbocycles. The van der Waals surface area contributed by atoms with Crippen molar-refractivity contribution in [1.82, 2.24) is 15.1 Å². The Kier molecular flexibility index (Phi) is 8.65. The fourth-order valence-corrected chi connectivity index (χ4v) is 3.73. The van der Waals surface area contributed by atoms with Gasteiger partial charge in [0.05, 0.1) is 36.8 Å². The predicted octanol–water partition coefficient (Wildman–Crippen LogP) is 5.01. The summed E-state index contributed by atoms with van der Waals surface area (Å²) in [7, 11) is 0. The van der Waals surface area contributed by atoms with Crippen LogP contribution in [0.2, 0.25) is 0 Å². The highest BCUT2D eigenvalue weighted by atomic mass is 32.1. The van der Waals surface area contributed by atoms with Gasteiger partial charge in [-0.25, -0.2) is 4.39 Å². The first-order valence-electron chi connectivity index (χ1n) is 11.1. The molecule has 0 aliphatic rings. The van der Waals surface area contributed by atoms with Gasteiger partial charge in [0.15, 0.2) is 16.6 Å². The average molecular weight is 471 g/mol. The number of nitrogens with zero attached hydrogens (tertiary/aromatic N) is 2. The summed E-state index contributed by atoms with van der Waals surface area (Å²) in [4.78, 5) is 0. The summed E-state index contributed by atoms with van der Waals surface area (Å²) in [5.74, 6) is 1.28. The largest absolute Gasteiger partial charge is 0.490 e. The average Bonchev–Trinajstić information content (AvgIpc) is 3.04. The van der Waals surface area contributed by atoms with Crippen molar-refractivity contribution in [3.05, 3.63) is 70.8 Å². The Morgan fingerprint density at radius 2 is 1.67 bits per heavy atom. The number of aryl methyl sites for hydroxylation is 1. The van der Waals surface area contributed by atoms with Gasteiger partial charge in [-0.3, -0.25) is 4.68 Å². The molecule has 33 heavy (non-hydrogen) atoms. The second-order valence-electron chi connectivity index (χ2n) is 7.61. The third-order valence-corrected chi connectivity index (χ3v) is 5.42. The molecule has 0 saturated heterocycles. The minimum absolute atomic E-state index is 0.245. The monoisotopic (exact) mass is 470 g/mol.